The van der Waals surface area contributed by atoms with E-state index in [1.165, 1.54) is 0 Å². The van der Waals surface area contributed by atoms with Gasteiger partial charge >= 0.3 is 0 Å². The largest absolute Gasteiger partial charge is 0.266 e. The van der Waals surface area contributed by atoms with E-state index in [4.69, 9.17) is 0 Å². The average Bonchev–Trinajstić information content (AvgIpc) is 2.74. The standard InChI is InChI=1S/C12H17N3S/c1-9-5-6-15(14-9)7-11-13-10(8-16-11)12(2,3)4/h5-6,8H,7H2,1-4H3. The van der Waals surface area contributed by atoms with Crippen molar-refractivity contribution < 1.29 is 0 Å². The molecular weight excluding hydrogens is 218 g/mol. The summed E-state index contributed by atoms with van der Waals surface area (Å²) < 4.78 is 1.93. The molecule has 0 spiro atoms. The fourth-order valence-electron chi connectivity index (χ4n) is 1.42. The van der Waals surface area contributed by atoms with Crippen molar-refractivity contribution in [2.45, 2.75) is 39.7 Å². The second-order valence-corrected chi connectivity index (χ2v) is 5.97. The molecule has 2 aromatic rings. The number of hydrogen-bond acceptors (Lipinski definition) is 3. The first kappa shape index (κ1) is 11.3. The van der Waals surface area contributed by atoms with Crippen LogP contribution < -0.4 is 0 Å². The summed E-state index contributed by atoms with van der Waals surface area (Å²) in [6.45, 7) is 9.32. The first-order valence-corrected chi connectivity index (χ1v) is 6.28. The van der Waals surface area contributed by atoms with Crippen molar-refractivity contribution in [3.05, 3.63) is 34.0 Å². The number of hydrogen-bond donors (Lipinski definition) is 0. The van der Waals surface area contributed by atoms with E-state index < -0.39 is 0 Å². The molecule has 2 heterocycles. The topological polar surface area (TPSA) is 30.7 Å². The predicted molar refractivity (Wildman–Crippen MR) is 66.9 cm³/mol. The number of aromatic nitrogens is 3. The molecule has 4 heteroatoms. The van der Waals surface area contributed by atoms with Gasteiger partial charge in [0.05, 0.1) is 17.9 Å². The van der Waals surface area contributed by atoms with Crippen LogP contribution in [-0.4, -0.2) is 14.8 Å². The van der Waals surface area contributed by atoms with Gasteiger partial charge in [-0.3, -0.25) is 4.68 Å². The summed E-state index contributed by atoms with van der Waals surface area (Å²) in [4.78, 5) is 4.64. The summed E-state index contributed by atoms with van der Waals surface area (Å²) >= 11 is 1.71. The molecule has 0 bridgehead atoms. The smallest absolute Gasteiger partial charge is 0.114 e. The highest BCUT2D eigenvalue weighted by Gasteiger charge is 2.17. The Kier molecular flexibility index (Phi) is 2.84. The highest BCUT2D eigenvalue weighted by atomic mass is 32.1. The third kappa shape index (κ3) is 2.50. The van der Waals surface area contributed by atoms with Crippen LogP contribution in [0.3, 0.4) is 0 Å². The van der Waals surface area contributed by atoms with Crippen molar-refractivity contribution in [1.29, 1.82) is 0 Å². The van der Waals surface area contributed by atoms with Crippen LogP contribution >= 0.6 is 11.3 Å². The van der Waals surface area contributed by atoms with Crippen molar-refractivity contribution in [2.75, 3.05) is 0 Å². The summed E-state index contributed by atoms with van der Waals surface area (Å²) in [6, 6.07) is 2.01. The van der Waals surface area contributed by atoms with Crippen molar-refractivity contribution in [3.63, 3.8) is 0 Å². The van der Waals surface area contributed by atoms with Gasteiger partial charge in [0, 0.05) is 17.0 Å². The molecule has 0 amide bonds. The Balaban J connectivity index is 2.14. The molecule has 16 heavy (non-hydrogen) atoms. The minimum atomic E-state index is 0.134. The summed E-state index contributed by atoms with van der Waals surface area (Å²) in [7, 11) is 0. The lowest BCUT2D eigenvalue weighted by atomic mass is 9.93. The van der Waals surface area contributed by atoms with Crippen LogP contribution in [0.2, 0.25) is 0 Å². The van der Waals surface area contributed by atoms with Crippen molar-refractivity contribution in [2.24, 2.45) is 0 Å². The van der Waals surface area contributed by atoms with Crippen LogP contribution in [0, 0.1) is 6.92 Å². The Hall–Kier alpha value is -1.16. The first-order valence-electron chi connectivity index (χ1n) is 5.40. The van der Waals surface area contributed by atoms with Crippen molar-refractivity contribution in [1.82, 2.24) is 14.8 Å². The number of thiazole rings is 1. The van der Waals surface area contributed by atoms with Crippen molar-refractivity contribution >= 4 is 11.3 Å². The molecule has 0 N–H and O–H groups in total. The zero-order valence-electron chi connectivity index (χ0n) is 10.2. The molecule has 86 valence electrons. The van der Waals surface area contributed by atoms with Gasteiger partial charge in [-0.2, -0.15) is 5.10 Å². The fraction of sp³-hybridized carbons (Fsp3) is 0.500. The minimum Gasteiger partial charge on any atom is -0.266 e. The first-order chi connectivity index (χ1) is 7.45. The van der Waals surface area contributed by atoms with Gasteiger partial charge in [0.15, 0.2) is 0 Å². The van der Waals surface area contributed by atoms with Gasteiger partial charge in [-0.15, -0.1) is 11.3 Å². The molecule has 0 aliphatic rings. The maximum atomic E-state index is 4.64. The van der Waals surface area contributed by atoms with Gasteiger partial charge in [0.2, 0.25) is 0 Å². The third-order valence-corrected chi connectivity index (χ3v) is 3.22. The molecule has 0 radical (unpaired) electrons. The van der Waals surface area contributed by atoms with E-state index in [2.05, 4.69) is 36.2 Å². The second-order valence-electron chi connectivity index (χ2n) is 5.03. The molecule has 0 unspecified atom stereocenters. The highest BCUT2D eigenvalue weighted by Crippen LogP contribution is 2.24. The van der Waals surface area contributed by atoms with Crippen molar-refractivity contribution in [3.8, 4) is 0 Å². The quantitative estimate of drug-likeness (QED) is 0.801. The van der Waals surface area contributed by atoms with Gasteiger partial charge in [0.25, 0.3) is 0 Å². The van der Waals surface area contributed by atoms with Gasteiger partial charge < -0.3 is 0 Å². The fourth-order valence-corrected chi connectivity index (χ4v) is 2.43. The lowest BCUT2D eigenvalue weighted by molar-refractivity contribution is 0.567. The van der Waals surface area contributed by atoms with E-state index in [0.29, 0.717) is 0 Å². The Morgan fingerprint density at radius 2 is 2.12 bits per heavy atom. The maximum Gasteiger partial charge on any atom is 0.114 e. The molecule has 2 rings (SSSR count). The predicted octanol–water partition coefficient (Wildman–Crippen LogP) is 2.99. The van der Waals surface area contributed by atoms with Gasteiger partial charge in [-0.05, 0) is 13.0 Å². The van der Waals surface area contributed by atoms with Gasteiger partial charge in [-0.25, -0.2) is 4.98 Å². The second kappa shape index (κ2) is 4.01. The lowest BCUT2D eigenvalue weighted by Gasteiger charge is -2.14. The molecule has 0 saturated carbocycles. The van der Waals surface area contributed by atoms with Crippen LogP contribution in [0.25, 0.3) is 0 Å². The SMILES string of the molecule is Cc1ccn(Cc2nc(C(C)(C)C)cs2)n1. The Bertz CT molecular complexity index is 476. The molecule has 0 aliphatic heterocycles. The van der Waals surface area contributed by atoms with Crippen LogP contribution in [0.4, 0.5) is 0 Å². The van der Waals surface area contributed by atoms with E-state index in [9.17, 15) is 0 Å². The van der Waals surface area contributed by atoms with Crippen LogP contribution in [0.15, 0.2) is 17.6 Å². The molecule has 0 aliphatic carbocycles. The number of rotatable bonds is 2. The minimum absolute atomic E-state index is 0.134. The van der Waals surface area contributed by atoms with E-state index in [1.54, 1.807) is 11.3 Å². The summed E-state index contributed by atoms with van der Waals surface area (Å²) in [5.41, 5.74) is 2.35. The molecule has 0 aromatic carbocycles. The number of aryl methyl sites for hydroxylation is 1. The zero-order chi connectivity index (χ0) is 11.8. The molecule has 2 aromatic heterocycles. The van der Waals surface area contributed by atoms with E-state index >= 15 is 0 Å². The normalized spacial score (nSPS) is 12.0. The summed E-state index contributed by atoms with van der Waals surface area (Å²) in [5.74, 6) is 0. The molecular formula is C12H17N3S. The molecule has 0 fully saturated rings. The van der Waals surface area contributed by atoms with Crippen LogP contribution in [-0.2, 0) is 12.0 Å². The molecule has 0 atom stereocenters. The maximum absolute atomic E-state index is 4.64. The number of nitrogens with zero attached hydrogens (tertiary/aromatic N) is 3. The van der Waals surface area contributed by atoms with Gasteiger partial charge in [-0.1, -0.05) is 20.8 Å². The van der Waals surface area contributed by atoms with E-state index in [1.807, 2.05) is 23.9 Å². The van der Waals surface area contributed by atoms with Gasteiger partial charge in [0.1, 0.15) is 5.01 Å². The Labute approximate surface area is 100 Å². The zero-order valence-corrected chi connectivity index (χ0v) is 11.0. The van der Waals surface area contributed by atoms with E-state index in [-0.39, 0.29) is 5.41 Å². The van der Waals surface area contributed by atoms with E-state index in [0.717, 1.165) is 22.9 Å². The molecule has 3 nitrogen and oxygen atoms in total. The monoisotopic (exact) mass is 235 g/mol. The molecule has 0 saturated heterocycles. The summed E-state index contributed by atoms with van der Waals surface area (Å²) in [5, 5.41) is 7.62. The third-order valence-electron chi connectivity index (χ3n) is 2.39. The lowest BCUT2D eigenvalue weighted by Crippen LogP contribution is -2.12. The van der Waals surface area contributed by atoms with Crippen LogP contribution in [0.1, 0.15) is 37.2 Å². The summed E-state index contributed by atoms with van der Waals surface area (Å²) in [6.07, 6.45) is 1.99. The Morgan fingerprint density at radius 1 is 1.38 bits per heavy atom. The Morgan fingerprint density at radius 3 is 2.62 bits per heavy atom. The average molecular weight is 235 g/mol. The highest BCUT2D eigenvalue weighted by molar-refractivity contribution is 7.09. The van der Waals surface area contributed by atoms with Crippen LogP contribution in [0.5, 0.6) is 0 Å².